The molecular formula is C13H13ClN2O2. The number of H-pyrrole nitrogens is 1. The van der Waals surface area contributed by atoms with Crippen molar-refractivity contribution in [3.8, 4) is 0 Å². The average Bonchev–Trinajstić information content (AvgIpc) is 3.11. The molecule has 1 aromatic carbocycles. The van der Waals surface area contributed by atoms with Gasteiger partial charge in [0, 0.05) is 5.39 Å². The molecule has 0 saturated heterocycles. The lowest BCUT2D eigenvalue weighted by Gasteiger charge is -2.14. The Morgan fingerprint density at radius 1 is 1.56 bits per heavy atom. The molecule has 1 heterocycles. The summed E-state index contributed by atoms with van der Waals surface area (Å²) in [7, 11) is 0. The van der Waals surface area contributed by atoms with E-state index in [1.165, 1.54) is 0 Å². The minimum absolute atomic E-state index is 0.0468. The summed E-state index contributed by atoms with van der Waals surface area (Å²) in [4.78, 5) is 11.0. The van der Waals surface area contributed by atoms with Gasteiger partial charge in [0.05, 0.1) is 11.9 Å². The monoisotopic (exact) mass is 264 g/mol. The Labute approximate surface area is 109 Å². The van der Waals surface area contributed by atoms with Crippen LogP contribution < -0.4 is 0 Å². The summed E-state index contributed by atoms with van der Waals surface area (Å²) in [5, 5.41) is 17.4. The van der Waals surface area contributed by atoms with Gasteiger partial charge in [-0.1, -0.05) is 23.7 Å². The van der Waals surface area contributed by atoms with Gasteiger partial charge in [-0.25, -0.2) is 0 Å². The van der Waals surface area contributed by atoms with Crippen LogP contribution in [0, 0.1) is 5.92 Å². The number of aliphatic carboxylic acids is 1. The first-order valence-corrected chi connectivity index (χ1v) is 6.39. The molecule has 1 aliphatic rings. The highest BCUT2D eigenvalue weighted by Crippen LogP contribution is 2.46. The second-order valence-electron chi connectivity index (χ2n) is 4.82. The fourth-order valence-electron chi connectivity index (χ4n) is 2.54. The third-order valence-corrected chi connectivity index (χ3v) is 3.84. The van der Waals surface area contributed by atoms with E-state index in [1.54, 1.807) is 0 Å². The van der Waals surface area contributed by atoms with Gasteiger partial charge in [-0.3, -0.25) is 9.89 Å². The Bertz CT molecular complexity index is 604. The molecule has 1 saturated carbocycles. The van der Waals surface area contributed by atoms with Crippen LogP contribution in [0.25, 0.3) is 10.9 Å². The van der Waals surface area contributed by atoms with Crippen molar-refractivity contribution in [2.24, 2.45) is 5.92 Å². The number of carboxylic acid groups (broad SMARTS) is 1. The maximum atomic E-state index is 11.0. The van der Waals surface area contributed by atoms with Crippen molar-refractivity contribution in [1.82, 2.24) is 10.2 Å². The standard InChI is InChI=1S/C13H13ClN2O2/c14-13-9-3-1-2-8(12(9)15-16-13)10(6-11(17)18)7-4-5-7/h1-3,7,10H,4-6H2,(H,15,16)(H,17,18). The summed E-state index contributed by atoms with van der Waals surface area (Å²) >= 11 is 6.02. The van der Waals surface area contributed by atoms with Crippen molar-refractivity contribution >= 4 is 28.5 Å². The lowest BCUT2D eigenvalue weighted by atomic mass is 9.90. The number of hydrogen-bond donors (Lipinski definition) is 2. The number of nitrogens with one attached hydrogen (secondary N) is 1. The molecular weight excluding hydrogens is 252 g/mol. The SMILES string of the molecule is O=C(O)CC(c1cccc2c(Cl)[nH]nc12)C1CC1. The van der Waals surface area contributed by atoms with Gasteiger partial charge in [0.15, 0.2) is 0 Å². The van der Waals surface area contributed by atoms with E-state index in [4.69, 9.17) is 16.7 Å². The van der Waals surface area contributed by atoms with Crippen molar-refractivity contribution in [2.75, 3.05) is 0 Å². The minimum atomic E-state index is -0.759. The van der Waals surface area contributed by atoms with E-state index < -0.39 is 5.97 Å². The van der Waals surface area contributed by atoms with Crippen molar-refractivity contribution < 1.29 is 9.90 Å². The van der Waals surface area contributed by atoms with Crippen LogP contribution in [0.4, 0.5) is 0 Å². The summed E-state index contributed by atoms with van der Waals surface area (Å²) in [6.45, 7) is 0. The molecule has 0 bridgehead atoms. The molecule has 0 amide bonds. The smallest absolute Gasteiger partial charge is 0.303 e. The number of benzene rings is 1. The normalized spacial score (nSPS) is 16.9. The van der Waals surface area contributed by atoms with Crippen LogP contribution in [0.1, 0.15) is 30.7 Å². The van der Waals surface area contributed by atoms with E-state index in [-0.39, 0.29) is 12.3 Å². The maximum Gasteiger partial charge on any atom is 0.303 e. The Hall–Kier alpha value is -1.55. The van der Waals surface area contributed by atoms with Crippen LogP contribution in [0.15, 0.2) is 18.2 Å². The van der Waals surface area contributed by atoms with Crippen LogP contribution in [0.2, 0.25) is 5.15 Å². The number of halogens is 1. The summed E-state index contributed by atoms with van der Waals surface area (Å²) in [5.41, 5.74) is 1.81. The largest absolute Gasteiger partial charge is 0.481 e. The van der Waals surface area contributed by atoms with E-state index in [9.17, 15) is 4.79 Å². The van der Waals surface area contributed by atoms with Crippen molar-refractivity contribution in [3.05, 3.63) is 28.9 Å². The highest BCUT2D eigenvalue weighted by Gasteiger charge is 2.35. The fraction of sp³-hybridized carbons (Fsp3) is 0.385. The van der Waals surface area contributed by atoms with Crippen LogP contribution in [0.3, 0.4) is 0 Å². The van der Waals surface area contributed by atoms with Crippen LogP contribution in [0.5, 0.6) is 0 Å². The molecule has 1 aliphatic carbocycles. The summed E-state index contributed by atoms with van der Waals surface area (Å²) in [6.07, 6.45) is 2.37. The fourth-order valence-corrected chi connectivity index (χ4v) is 2.74. The number of carboxylic acids is 1. The molecule has 4 nitrogen and oxygen atoms in total. The zero-order chi connectivity index (χ0) is 12.7. The number of fused-ring (bicyclic) bond motifs is 1. The first-order chi connectivity index (χ1) is 8.66. The first kappa shape index (κ1) is 11.5. The number of rotatable bonds is 4. The van der Waals surface area contributed by atoms with Gasteiger partial charge >= 0.3 is 5.97 Å². The topological polar surface area (TPSA) is 66.0 Å². The number of carbonyl (C=O) groups is 1. The average molecular weight is 265 g/mol. The van der Waals surface area contributed by atoms with E-state index in [0.717, 1.165) is 29.3 Å². The number of aromatic nitrogens is 2. The second-order valence-corrected chi connectivity index (χ2v) is 5.20. The van der Waals surface area contributed by atoms with Crippen molar-refractivity contribution in [2.45, 2.75) is 25.2 Å². The predicted molar refractivity (Wildman–Crippen MR) is 68.8 cm³/mol. The van der Waals surface area contributed by atoms with Crippen molar-refractivity contribution in [1.29, 1.82) is 0 Å². The molecule has 1 atom stereocenters. The van der Waals surface area contributed by atoms with E-state index in [2.05, 4.69) is 10.2 Å². The van der Waals surface area contributed by atoms with Gasteiger partial charge < -0.3 is 5.11 Å². The third-order valence-electron chi connectivity index (χ3n) is 3.55. The Kier molecular flexibility index (Phi) is 2.74. The van der Waals surface area contributed by atoms with Gasteiger partial charge in [0.2, 0.25) is 0 Å². The molecule has 5 heteroatoms. The zero-order valence-corrected chi connectivity index (χ0v) is 10.4. The van der Waals surface area contributed by atoms with Gasteiger partial charge in [-0.15, -0.1) is 0 Å². The van der Waals surface area contributed by atoms with E-state index in [0.29, 0.717) is 11.1 Å². The number of aromatic amines is 1. The molecule has 2 aromatic rings. The lowest BCUT2D eigenvalue weighted by Crippen LogP contribution is -2.08. The molecule has 2 N–H and O–H groups in total. The molecule has 1 unspecified atom stereocenters. The molecule has 1 fully saturated rings. The molecule has 94 valence electrons. The highest BCUT2D eigenvalue weighted by molar-refractivity contribution is 6.34. The molecule has 0 radical (unpaired) electrons. The Morgan fingerprint density at radius 3 is 3.00 bits per heavy atom. The third kappa shape index (κ3) is 1.97. The van der Waals surface area contributed by atoms with Gasteiger partial charge in [0.25, 0.3) is 0 Å². The summed E-state index contributed by atoms with van der Waals surface area (Å²) < 4.78 is 0. The molecule has 18 heavy (non-hydrogen) atoms. The molecule has 3 rings (SSSR count). The Balaban J connectivity index is 2.08. The number of para-hydroxylation sites is 1. The van der Waals surface area contributed by atoms with Crippen molar-refractivity contribution in [3.63, 3.8) is 0 Å². The predicted octanol–water partition coefficient (Wildman–Crippen LogP) is 3.18. The number of nitrogens with zero attached hydrogens (tertiary/aromatic N) is 1. The highest BCUT2D eigenvalue weighted by atomic mass is 35.5. The number of hydrogen-bond acceptors (Lipinski definition) is 2. The second kappa shape index (κ2) is 4.28. The quantitative estimate of drug-likeness (QED) is 0.891. The van der Waals surface area contributed by atoms with Gasteiger partial charge in [0.1, 0.15) is 5.15 Å². The molecule has 0 aliphatic heterocycles. The zero-order valence-electron chi connectivity index (χ0n) is 9.69. The van der Waals surface area contributed by atoms with E-state index >= 15 is 0 Å². The summed E-state index contributed by atoms with van der Waals surface area (Å²) in [6, 6.07) is 5.77. The Morgan fingerprint density at radius 2 is 2.33 bits per heavy atom. The minimum Gasteiger partial charge on any atom is -0.481 e. The van der Waals surface area contributed by atoms with Crippen LogP contribution in [-0.4, -0.2) is 21.3 Å². The van der Waals surface area contributed by atoms with E-state index in [1.807, 2.05) is 18.2 Å². The maximum absolute atomic E-state index is 11.0. The van der Waals surface area contributed by atoms with Gasteiger partial charge in [-0.05, 0) is 36.3 Å². The lowest BCUT2D eigenvalue weighted by molar-refractivity contribution is -0.137. The van der Waals surface area contributed by atoms with Crippen LogP contribution >= 0.6 is 11.6 Å². The molecule has 0 spiro atoms. The first-order valence-electron chi connectivity index (χ1n) is 6.01. The van der Waals surface area contributed by atoms with Crippen LogP contribution in [-0.2, 0) is 4.79 Å². The van der Waals surface area contributed by atoms with Gasteiger partial charge in [-0.2, -0.15) is 5.10 Å². The molecule has 1 aromatic heterocycles. The summed E-state index contributed by atoms with van der Waals surface area (Å²) in [5.74, 6) is -0.238.